The van der Waals surface area contributed by atoms with Crippen molar-refractivity contribution in [3.63, 3.8) is 0 Å². The van der Waals surface area contributed by atoms with E-state index in [2.05, 4.69) is 16.5 Å². The number of aromatic nitrogens is 1. The molecular weight excluding hydrogens is 216 g/mol. The Bertz CT molecular complexity index is 471. The molecule has 2 rings (SSSR count). The molecule has 1 N–H and O–H groups in total. The molecule has 4 heteroatoms. The summed E-state index contributed by atoms with van der Waals surface area (Å²) in [4.78, 5) is 15.3. The number of ether oxygens (including phenoxy) is 1. The van der Waals surface area contributed by atoms with Gasteiger partial charge >= 0.3 is 6.09 Å². The van der Waals surface area contributed by atoms with Crippen LogP contribution in [0, 0.1) is 6.20 Å². The van der Waals surface area contributed by atoms with E-state index in [0.717, 1.165) is 5.56 Å². The Morgan fingerprint density at radius 1 is 1.29 bits per heavy atom. The van der Waals surface area contributed by atoms with Crippen LogP contribution in [0.1, 0.15) is 5.56 Å². The molecule has 0 saturated carbocycles. The lowest BCUT2D eigenvalue weighted by molar-refractivity contribution is 0.200. The summed E-state index contributed by atoms with van der Waals surface area (Å²) in [6, 6.07) is 12.4. The van der Waals surface area contributed by atoms with Crippen LogP contribution >= 0.6 is 0 Å². The van der Waals surface area contributed by atoms with Crippen molar-refractivity contribution in [3.8, 4) is 5.75 Å². The average molecular weight is 227 g/mol. The number of nitrogens with one attached hydrogen (secondary N) is 1. The van der Waals surface area contributed by atoms with Gasteiger partial charge in [0, 0.05) is 12.7 Å². The predicted molar refractivity (Wildman–Crippen MR) is 62.4 cm³/mol. The number of amides is 1. The van der Waals surface area contributed by atoms with E-state index in [1.165, 1.54) is 0 Å². The second-order valence-corrected chi connectivity index (χ2v) is 3.35. The van der Waals surface area contributed by atoms with Gasteiger partial charge in [-0.15, -0.1) is 0 Å². The summed E-state index contributed by atoms with van der Waals surface area (Å²) in [7, 11) is 0. The SMILES string of the molecule is O=C(NCc1cc[c]nc1)Oc1ccccc1. The molecule has 0 atom stereocenters. The molecule has 0 saturated heterocycles. The summed E-state index contributed by atoms with van der Waals surface area (Å²) in [5.41, 5.74) is 0.897. The number of carbonyl (C=O) groups is 1. The van der Waals surface area contributed by atoms with Gasteiger partial charge in [0.2, 0.25) is 0 Å². The van der Waals surface area contributed by atoms with Crippen molar-refractivity contribution in [1.29, 1.82) is 0 Å². The van der Waals surface area contributed by atoms with Gasteiger partial charge in [0.15, 0.2) is 0 Å². The highest BCUT2D eigenvalue weighted by molar-refractivity contribution is 5.70. The van der Waals surface area contributed by atoms with E-state index in [-0.39, 0.29) is 0 Å². The van der Waals surface area contributed by atoms with Crippen LogP contribution in [0.2, 0.25) is 0 Å². The molecule has 85 valence electrons. The van der Waals surface area contributed by atoms with Crippen LogP contribution in [0.15, 0.2) is 48.7 Å². The van der Waals surface area contributed by atoms with Crippen LogP contribution in [0.4, 0.5) is 4.79 Å². The number of rotatable bonds is 3. The summed E-state index contributed by atoms with van der Waals surface area (Å²) in [6.07, 6.45) is 3.83. The van der Waals surface area contributed by atoms with Crippen molar-refractivity contribution < 1.29 is 9.53 Å². The zero-order valence-electron chi connectivity index (χ0n) is 9.09. The first-order valence-electron chi connectivity index (χ1n) is 5.16. The fraction of sp³-hybridized carbons (Fsp3) is 0.0769. The lowest BCUT2D eigenvalue weighted by atomic mass is 10.3. The molecular formula is C13H11N2O2. The molecule has 0 spiro atoms. The first-order chi connectivity index (χ1) is 8.34. The molecule has 4 nitrogen and oxygen atoms in total. The third-order valence-electron chi connectivity index (χ3n) is 2.07. The van der Waals surface area contributed by atoms with Crippen LogP contribution in [0.3, 0.4) is 0 Å². The maximum Gasteiger partial charge on any atom is 0.412 e. The fourth-order valence-corrected chi connectivity index (χ4v) is 1.26. The molecule has 0 aliphatic heterocycles. The van der Waals surface area contributed by atoms with Gasteiger partial charge in [-0.2, -0.15) is 0 Å². The highest BCUT2D eigenvalue weighted by atomic mass is 16.5. The van der Waals surface area contributed by atoms with E-state index in [4.69, 9.17) is 4.74 Å². The molecule has 0 fully saturated rings. The normalized spacial score (nSPS) is 9.65. The lowest BCUT2D eigenvalue weighted by Crippen LogP contribution is -2.26. The number of hydrogen-bond acceptors (Lipinski definition) is 3. The quantitative estimate of drug-likeness (QED) is 0.874. The van der Waals surface area contributed by atoms with Gasteiger partial charge in [-0.05, 0) is 23.8 Å². The minimum Gasteiger partial charge on any atom is -0.410 e. The number of pyridine rings is 1. The standard InChI is InChI=1S/C13H11N2O2/c16-13(17-12-6-2-1-3-7-12)15-10-11-5-4-8-14-9-11/h1-7,9H,10H2,(H,15,16). The van der Waals surface area contributed by atoms with Crippen molar-refractivity contribution in [1.82, 2.24) is 10.3 Å². The molecule has 0 aliphatic rings. The number of benzene rings is 1. The van der Waals surface area contributed by atoms with Gasteiger partial charge in [-0.3, -0.25) is 4.98 Å². The van der Waals surface area contributed by atoms with E-state index in [0.29, 0.717) is 12.3 Å². The smallest absolute Gasteiger partial charge is 0.410 e. The van der Waals surface area contributed by atoms with E-state index in [1.54, 1.807) is 36.5 Å². The van der Waals surface area contributed by atoms with Crippen LogP contribution in [-0.4, -0.2) is 11.1 Å². The zero-order chi connectivity index (χ0) is 11.9. The van der Waals surface area contributed by atoms with Gasteiger partial charge in [0.05, 0.1) is 6.20 Å². The molecule has 1 aromatic heterocycles. The van der Waals surface area contributed by atoms with Crippen LogP contribution in [0.5, 0.6) is 5.75 Å². The van der Waals surface area contributed by atoms with Crippen molar-refractivity contribution in [2.24, 2.45) is 0 Å². The molecule has 0 unspecified atom stereocenters. The van der Waals surface area contributed by atoms with Gasteiger partial charge < -0.3 is 10.1 Å². The van der Waals surface area contributed by atoms with Gasteiger partial charge in [-0.25, -0.2) is 4.79 Å². The van der Waals surface area contributed by atoms with Crippen LogP contribution in [-0.2, 0) is 6.54 Å². The minimum atomic E-state index is -0.482. The number of para-hydroxylation sites is 1. The zero-order valence-corrected chi connectivity index (χ0v) is 9.09. The Hall–Kier alpha value is -2.36. The van der Waals surface area contributed by atoms with Crippen molar-refractivity contribution in [2.75, 3.05) is 0 Å². The third kappa shape index (κ3) is 3.61. The monoisotopic (exact) mass is 227 g/mol. The van der Waals surface area contributed by atoms with E-state index < -0.39 is 6.09 Å². The maximum atomic E-state index is 11.4. The highest BCUT2D eigenvalue weighted by Gasteiger charge is 2.03. The summed E-state index contributed by atoms with van der Waals surface area (Å²) >= 11 is 0. The molecule has 1 heterocycles. The molecule has 1 radical (unpaired) electrons. The Morgan fingerprint density at radius 3 is 2.82 bits per heavy atom. The third-order valence-corrected chi connectivity index (χ3v) is 2.07. The van der Waals surface area contributed by atoms with E-state index in [1.807, 2.05) is 12.1 Å². The minimum absolute atomic E-state index is 0.382. The van der Waals surface area contributed by atoms with Gasteiger partial charge in [0.1, 0.15) is 5.75 Å². The molecule has 0 bridgehead atoms. The van der Waals surface area contributed by atoms with Crippen molar-refractivity contribution >= 4 is 6.09 Å². The fourth-order valence-electron chi connectivity index (χ4n) is 1.26. The summed E-state index contributed by atoms with van der Waals surface area (Å²) in [6.45, 7) is 0.382. The Morgan fingerprint density at radius 2 is 2.12 bits per heavy atom. The Labute approximate surface area is 99.3 Å². The largest absolute Gasteiger partial charge is 0.412 e. The van der Waals surface area contributed by atoms with Crippen LogP contribution < -0.4 is 10.1 Å². The second kappa shape index (κ2) is 5.65. The average Bonchev–Trinajstić information content (AvgIpc) is 2.39. The molecule has 17 heavy (non-hydrogen) atoms. The molecule has 2 aromatic rings. The van der Waals surface area contributed by atoms with Crippen molar-refractivity contribution in [3.05, 3.63) is 60.4 Å². The predicted octanol–water partition coefficient (Wildman–Crippen LogP) is 2.17. The molecule has 1 aromatic carbocycles. The summed E-state index contributed by atoms with van der Waals surface area (Å²) < 4.78 is 5.06. The molecule has 1 amide bonds. The van der Waals surface area contributed by atoms with Gasteiger partial charge in [0.25, 0.3) is 0 Å². The topological polar surface area (TPSA) is 51.2 Å². The van der Waals surface area contributed by atoms with Crippen molar-refractivity contribution in [2.45, 2.75) is 6.54 Å². The first kappa shape index (κ1) is 11.1. The van der Waals surface area contributed by atoms with Gasteiger partial charge in [-0.1, -0.05) is 24.3 Å². The summed E-state index contributed by atoms with van der Waals surface area (Å²) in [5, 5.41) is 2.63. The maximum absolute atomic E-state index is 11.4. The Balaban J connectivity index is 1.83. The molecule has 0 aliphatic carbocycles. The number of nitrogens with zero attached hydrogens (tertiary/aromatic N) is 1. The van der Waals surface area contributed by atoms with E-state index in [9.17, 15) is 4.79 Å². The Kier molecular flexibility index (Phi) is 3.70. The summed E-state index contributed by atoms with van der Waals surface area (Å²) in [5.74, 6) is 0.518. The first-order valence-corrected chi connectivity index (χ1v) is 5.16. The lowest BCUT2D eigenvalue weighted by Gasteiger charge is -2.05. The van der Waals surface area contributed by atoms with Crippen LogP contribution in [0.25, 0.3) is 0 Å². The highest BCUT2D eigenvalue weighted by Crippen LogP contribution is 2.08. The van der Waals surface area contributed by atoms with E-state index >= 15 is 0 Å². The second-order valence-electron chi connectivity index (χ2n) is 3.35. The number of hydrogen-bond donors (Lipinski definition) is 1. The number of carbonyl (C=O) groups excluding carboxylic acids is 1.